The molecular weight excluding hydrogens is 421 g/mol. The number of piperidine rings is 1. The fourth-order valence-electron chi connectivity index (χ4n) is 4.95. The number of anilines is 1. The van der Waals surface area contributed by atoms with Gasteiger partial charge in [0.2, 0.25) is 0 Å². The highest BCUT2D eigenvalue weighted by Gasteiger charge is 2.49. The first-order chi connectivity index (χ1) is 15.3. The zero-order valence-electron chi connectivity index (χ0n) is 17.3. The number of benzene rings is 1. The summed E-state index contributed by atoms with van der Waals surface area (Å²) in [5.41, 5.74) is -0.622. The van der Waals surface area contributed by atoms with Crippen molar-refractivity contribution in [1.82, 2.24) is 9.88 Å². The molecule has 2 aromatic rings. The van der Waals surface area contributed by atoms with Gasteiger partial charge in [-0.15, -0.1) is 0 Å². The van der Waals surface area contributed by atoms with Gasteiger partial charge in [0.05, 0.1) is 17.2 Å². The molecule has 1 aromatic carbocycles. The second-order valence-corrected chi connectivity index (χ2v) is 8.49. The Hall–Kier alpha value is -3.12. The Balaban J connectivity index is 1.50. The minimum absolute atomic E-state index is 0.0464. The Bertz CT molecular complexity index is 1030. The number of aliphatic hydroxyl groups excluding tert-OH is 1. The molecule has 1 aromatic heterocycles. The van der Waals surface area contributed by atoms with Crippen LogP contribution >= 0.6 is 0 Å². The van der Waals surface area contributed by atoms with E-state index in [0.717, 1.165) is 6.07 Å². The van der Waals surface area contributed by atoms with E-state index in [9.17, 15) is 23.1 Å². The van der Waals surface area contributed by atoms with Crippen LogP contribution in [-0.4, -0.2) is 53.7 Å². The SMILES string of the molecule is N#Cc1ccc(N2CCC3(CC2)CN(C(=O)c2ccncc2)CC3CO)cc1C(F)(F)F. The normalized spacial score (nSPS) is 20.4. The van der Waals surface area contributed by atoms with Crippen molar-refractivity contribution in [2.24, 2.45) is 11.3 Å². The molecule has 1 amide bonds. The summed E-state index contributed by atoms with van der Waals surface area (Å²) in [6.45, 7) is 1.93. The third kappa shape index (κ3) is 4.02. The number of aromatic nitrogens is 1. The summed E-state index contributed by atoms with van der Waals surface area (Å²) < 4.78 is 40.0. The summed E-state index contributed by atoms with van der Waals surface area (Å²) in [7, 11) is 0. The Kier molecular flexibility index (Phi) is 5.82. The van der Waals surface area contributed by atoms with Crippen molar-refractivity contribution in [3.63, 3.8) is 0 Å². The van der Waals surface area contributed by atoms with E-state index in [-0.39, 0.29) is 23.8 Å². The summed E-state index contributed by atoms with van der Waals surface area (Å²) in [4.78, 5) is 20.5. The van der Waals surface area contributed by atoms with Gasteiger partial charge in [-0.05, 0) is 48.6 Å². The number of nitriles is 1. The van der Waals surface area contributed by atoms with Gasteiger partial charge in [-0.2, -0.15) is 18.4 Å². The van der Waals surface area contributed by atoms with Gasteiger partial charge in [0, 0.05) is 62.3 Å². The summed E-state index contributed by atoms with van der Waals surface area (Å²) in [6, 6.07) is 8.72. The molecule has 1 spiro atoms. The molecule has 0 bridgehead atoms. The highest BCUT2D eigenvalue weighted by atomic mass is 19.4. The maximum absolute atomic E-state index is 13.3. The van der Waals surface area contributed by atoms with E-state index in [0.29, 0.717) is 50.3 Å². The van der Waals surface area contributed by atoms with Gasteiger partial charge in [-0.3, -0.25) is 9.78 Å². The molecule has 6 nitrogen and oxygen atoms in total. The number of carbonyl (C=O) groups excluding carboxylic acids is 1. The Morgan fingerprint density at radius 1 is 1.22 bits per heavy atom. The van der Waals surface area contributed by atoms with Gasteiger partial charge in [0.25, 0.3) is 5.91 Å². The largest absolute Gasteiger partial charge is 0.417 e. The van der Waals surface area contributed by atoms with Crippen LogP contribution in [0, 0.1) is 22.7 Å². The number of halogens is 3. The molecule has 0 radical (unpaired) electrons. The first-order valence-electron chi connectivity index (χ1n) is 10.4. The maximum Gasteiger partial charge on any atom is 0.417 e. The molecule has 0 saturated carbocycles. The molecule has 2 aliphatic heterocycles. The van der Waals surface area contributed by atoms with Gasteiger partial charge in [0.1, 0.15) is 0 Å². The minimum atomic E-state index is -4.60. The third-order valence-electron chi connectivity index (χ3n) is 6.80. The lowest BCUT2D eigenvalue weighted by atomic mass is 9.71. The zero-order valence-corrected chi connectivity index (χ0v) is 17.3. The van der Waals surface area contributed by atoms with Crippen LogP contribution < -0.4 is 4.90 Å². The number of hydrogen-bond donors (Lipinski definition) is 1. The maximum atomic E-state index is 13.3. The molecule has 2 fully saturated rings. The van der Waals surface area contributed by atoms with E-state index >= 15 is 0 Å². The van der Waals surface area contributed by atoms with E-state index in [1.807, 2.05) is 4.90 Å². The van der Waals surface area contributed by atoms with Crippen molar-refractivity contribution in [2.75, 3.05) is 37.7 Å². The number of pyridine rings is 1. The Morgan fingerprint density at radius 2 is 1.91 bits per heavy atom. The summed E-state index contributed by atoms with van der Waals surface area (Å²) in [5.74, 6) is -0.186. The standard InChI is InChI=1S/C23H23F3N4O2/c24-23(25,26)20-11-19(2-1-17(20)12-27)29-9-5-22(6-10-29)15-30(13-18(22)14-31)21(32)16-3-7-28-8-4-16/h1-4,7-8,11,18,31H,5-6,9-10,13-15H2. The lowest BCUT2D eigenvalue weighted by molar-refractivity contribution is -0.137. The zero-order chi connectivity index (χ0) is 22.9. The van der Waals surface area contributed by atoms with Crippen LogP contribution in [0.25, 0.3) is 0 Å². The van der Waals surface area contributed by atoms with Crippen LogP contribution in [0.3, 0.4) is 0 Å². The fraction of sp³-hybridized carbons (Fsp3) is 0.435. The molecule has 168 valence electrons. The van der Waals surface area contributed by atoms with Crippen LogP contribution in [0.1, 0.15) is 34.3 Å². The summed E-state index contributed by atoms with van der Waals surface area (Å²) >= 11 is 0. The lowest BCUT2D eigenvalue weighted by Crippen LogP contribution is -2.45. The van der Waals surface area contributed by atoms with E-state index in [1.165, 1.54) is 6.07 Å². The molecule has 9 heteroatoms. The number of aliphatic hydroxyl groups is 1. The predicted molar refractivity (Wildman–Crippen MR) is 111 cm³/mol. The molecule has 0 aliphatic carbocycles. The molecule has 2 saturated heterocycles. The van der Waals surface area contributed by atoms with Crippen molar-refractivity contribution in [1.29, 1.82) is 5.26 Å². The smallest absolute Gasteiger partial charge is 0.396 e. The molecule has 3 heterocycles. The highest BCUT2D eigenvalue weighted by Crippen LogP contribution is 2.46. The quantitative estimate of drug-likeness (QED) is 0.786. The molecule has 32 heavy (non-hydrogen) atoms. The van der Waals surface area contributed by atoms with Gasteiger partial charge in [0.15, 0.2) is 0 Å². The second-order valence-electron chi connectivity index (χ2n) is 8.49. The number of carbonyl (C=O) groups is 1. The fourth-order valence-corrected chi connectivity index (χ4v) is 4.95. The summed E-state index contributed by atoms with van der Waals surface area (Å²) in [6.07, 6.45) is -0.166. The Labute approximate surface area is 183 Å². The van der Waals surface area contributed by atoms with Crippen LogP contribution in [0.2, 0.25) is 0 Å². The average molecular weight is 444 g/mol. The Morgan fingerprint density at radius 3 is 2.50 bits per heavy atom. The molecule has 1 N–H and O–H groups in total. The van der Waals surface area contributed by atoms with Crippen molar-refractivity contribution >= 4 is 11.6 Å². The minimum Gasteiger partial charge on any atom is -0.396 e. The molecule has 4 rings (SSSR count). The van der Waals surface area contributed by atoms with Crippen LogP contribution in [0.15, 0.2) is 42.7 Å². The molecule has 1 unspecified atom stereocenters. The topological polar surface area (TPSA) is 80.5 Å². The van der Waals surface area contributed by atoms with Crippen molar-refractivity contribution in [3.8, 4) is 6.07 Å². The number of hydrogen-bond acceptors (Lipinski definition) is 5. The predicted octanol–water partition coefficient (Wildman–Crippen LogP) is 3.32. The van der Waals surface area contributed by atoms with Crippen LogP contribution in [0.5, 0.6) is 0 Å². The van der Waals surface area contributed by atoms with Crippen molar-refractivity contribution in [3.05, 3.63) is 59.4 Å². The average Bonchev–Trinajstić information content (AvgIpc) is 3.16. The van der Waals surface area contributed by atoms with Crippen molar-refractivity contribution in [2.45, 2.75) is 19.0 Å². The highest BCUT2D eigenvalue weighted by molar-refractivity contribution is 5.94. The molecular formula is C23H23F3N4O2. The van der Waals surface area contributed by atoms with Gasteiger partial charge in [-0.25, -0.2) is 0 Å². The van der Waals surface area contributed by atoms with Crippen LogP contribution in [-0.2, 0) is 6.18 Å². The first kappa shape index (κ1) is 22.1. The number of alkyl halides is 3. The molecule has 2 aliphatic rings. The molecule has 1 atom stereocenters. The van der Waals surface area contributed by atoms with E-state index in [1.54, 1.807) is 41.6 Å². The van der Waals surface area contributed by atoms with Gasteiger partial charge in [-0.1, -0.05) is 0 Å². The van der Waals surface area contributed by atoms with Gasteiger partial charge >= 0.3 is 6.18 Å². The van der Waals surface area contributed by atoms with E-state index in [4.69, 9.17) is 5.26 Å². The van der Waals surface area contributed by atoms with E-state index < -0.39 is 17.3 Å². The van der Waals surface area contributed by atoms with E-state index in [2.05, 4.69) is 4.98 Å². The first-order valence-corrected chi connectivity index (χ1v) is 10.4. The van der Waals surface area contributed by atoms with Crippen molar-refractivity contribution < 1.29 is 23.1 Å². The third-order valence-corrected chi connectivity index (χ3v) is 6.80. The number of rotatable bonds is 3. The van der Waals surface area contributed by atoms with Crippen LogP contribution in [0.4, 0.5) is 18.9 Å². The van der Waals surface area contributed by atoms with Gasteiger partial charge < -0.3 is 14.9 Å². The number of amides is 1. The second kappa shape index (κ2) is 8.43. The summed E-state index contributed by atoms with van der Waals surface area (Å²) in [5, 5.41) is 19.0. The number of likely N-dealkylation sites (tertiary alicyclic amines) is 1. The number of nitrogens with zero attached hydrogens (tertiary/aromatic N) is 4. The lowest BCUT2D eigenvalue weighted by Gasteiger charge is -2.43. The monoisotopic (exact) mass is 444 g/mol.